The third-order valence-corrected chi connectivity index (χ3v) is 2.23. The van der Waals surface area contributed by atoms with Crippen LogP contribution in [0.3, 0.4) is 0 Å². The standard InChI is InChI=1S/C13H11N3O/c1-15-11-2-4-12(5-3-11)17-13-8-10(9-14)6-7-16-13/h2-8,15H,1H3. The molecule has 84 valence electrons. The summed E-state index contributed by atoms with van der Waals surface area (Å²) in [6.07, 6.45) is 1.55. The van der Waals surface area contributed by atoms with Crippen LogP contribution in [0.4, 0.5) is 5.69 Å². The van der Waals surface area contributed by atoms with E-state index in [0.29, 0.717) is 17.2 Å². The van der Waals surface area contributed by atoms with Gasteiger partial charge >= 0.3 is 0 Å². The molecule has 0 bridgehead atoms. The molecule has 0 radical (unpaired) electrons. The van der Waals surface area contributed by atoms with Crippen molar-refractivity contribution >= 4 is 5.69 Å². The molecule has 1 heterocycles. The number of benzene rings is 1. The highest BCUT2D eigenvalue weighted by Gasteiger charge is 2.00. The molecule has 0 saturated heterocycles. The lowest BCUT2D eigenvalue weighted by Gasteiger charge is -2.05. The Labute approximate surface area is 99.5 Å². The zero-order chi connectivity index (χ0) is 12.1. The molecule has 0 aliphatic rings. The van der Waals surface area contributed by atoms with E-state index in [4.69, 9.17) is 10.00 Å². The smallest absolute Gasteiger partial charge is 0.220 e. The van der Waals surface area contributed by atoms with Crippen LogP contribution < -0.4 is 10.1 Å². The first-order valence-electron chi connectivity index (χ1n) is 5.13. The number of nitrogens with one attached hydrogen (secondary N) is 1. The average Bonchev–Trinajstić information content (AvgIpc) is 2.40. The van der Waals surface area contributed by atoms with Gasteiger partial charge in [-0.3, -0.25) is 0 Å². The second-order valence-electron chi connectivity index (χ2n) is 3.37. The van der Waals surface area contributed by atoms with Gasteiger partial charge in [-0.05, 0) is 30.3 Å². The molecule has 0 aliphatic carbocycles. The van der Waals surface area contributed by atoms with Crippen LogP contribution in [0, 0.1) is 11.3 Å². The molecule has 17 heavy (non-hydrogen) atoms. The van der Waals surface area contributed by atoms with Crippen LogP contribution in [-0.2, 0) is 0 Å². The minimum absolute atomic E-state index is 0.418. The Balaban J connectivity index is 2.16. The van der Waals surface area contributed by atoms with Crippen molar-refractivity contribution in [2.75, 3.05) is 12.4 Å². The predicted molar refractivity (Wildman–Crippen MR) is 65.0 cm³/mol. The predicted octanol–water partition coefficient (Wildman–Crippen LogP) is 2.79. The van der Waals surface area contributed by atoms with Crippen LogP contribution >= 0.6 is 0 Å². The maximum Gasteiger partial charge on any atom is 0.220 e. The second-order valence-corrected chi connectivity index (χ2v) is 3.37. The van der Waals surface area contributed by atoms with Crippen LogP contribution in [0.5, 0.6) is 11.6 Å². The summed E-state index contributed by atoms with van der Waals surface area (Å²) in [6.45, 7) is 0. The third-order valence-electron chi connectivity index (χ3n) is 2.23. The number of hydrogen-bond donors (Lipinski definition) is 1. The van der Waals surface area contributed by atoms with Gasteiger partial charge in [0.15, 0.2) is 0 Å². The van der Waals surface area contributed by atoms with Gasteiger partial charge in [0.2, 0.25) is 5.88 Å². The molecule has 1 N–H and O–H groups in total. The van der Waals surface area contributed by atoms with Gasteiger partial charge < -0.3 is 10.1 Å². The Hall–Kier alpha value is -2.54. The number of anilines is 1. The molecule has 4 heteroatoms. The maximum atomic E-state index is 8.75. The molecule has 1 aromatic carbocycles. The van der Waals surface area contributed by atoms with Crippen LogP contribution in [0.15, 0.2) is 42.6 Å². The zero-order valence-electron chi connectivity index (χ0n) is 9.34. The van der Waals surface area contributed by atoms with E-state index in [9.17, 15) is 0 Å². The van der Waals surface area contributed by atoms with E-state index in [1.807, 2.05) is 37.4 Å². The molecule has 0 unspecified atom stereocenters. The Morgan fingerprint density at radius 3 is 2.65 bits per heavy atom. The maximum absolute atomic E-state index is 8.75. The molecular weight excluding hydrogens is 214 g/mol. The number of aromatic nitrogens is 1. The van der Waals surface area contributed by atoms with Gasteiger partial charge in [0.05, 0.1) is 11.6 Å². The normalized spacial score (nSPS) is 9.41. The highest BCUT2D eigenvalue weighted by atomic mass is 16.5. The van der Waals surface area contributed by atoms with Crippen LogP contribution in [0.25, 0.3) is 0 Å². The Kier molecular flexibility index (Phi) is 3.22. The highest BCUT2D eigenvalue weighted by Crippen LogP contribution is 2.21. The van der Waals surface area contributed by atoms with Crippen molar-refractivity contribution in [3.8, 4) is 17.7 Å². The fourth-order valence-corrected chi connectivity index (χ4v) is 1.35. The van der Waals surface area contributed by atoms with E-state index >= 15 is 0 Å². The van der Waals surface area contributed by atoms with Gasteiger partial charge in [0, 0.05) is 25.0 Å². The minimum Gasteiger partial charge on any atom is -0.439 e. The van der Waals surface area contributed by atoms with Gasteiger partial charge in [0.25, 0.3) is 0 Å². The summed E-state index contributed by atoms with van der Waals surface area (Å²) >= 11 is 0. The molecule has 4 nitrogen and oxygen atoms in total. The summed E-state index contributed by atoms with van der Waals surface area (Å²) in [4.78, 5) is 4.04. The average molecular weight is 225 g/mol. The van der Waals surface area contributed by atoms with Crippen molar-refractivity contribution in [2.24, 2.45) is 0 Å². The Bertz CT molecular complexity index is 543. The molecule has 0 atom stereocenters. The highest BCUT2D eigenvalue weighted by molar-refractivity contribution is 5.46. The summed E-state index contributed by atoms with van der Waals surface area (Å²) in [5.41, 5.74) is 1.54. The molecule has 1 aromatic heterocycles. The van der Waals surface area contributed by atoms with Crippen LogP contribution in [0.2, 0.25) is 0 Å². The Morgan fingerprint density at radius 2 is 2.00 bits per heavy atom. The first-order valence-corrected chi connectivity index (χ1v) is 5.13. The second kappa shape index (κ2) is 4.99. The van der Waals surface area contributed by atoms with Crippen molar-refractivity contribution in [2.45, 2.75) is 0 Å². The van der Waals surface area contributed by atoms with Gasteiger partial charge in [-0.2, -0.15) is 5.26 Å². The van der Waals surface area contributed by atoms with Gasteiger partial charge in [-0.25, -0.2) is 4.98 Å². The monoisotopic (exact) mass is 225 g/mol. The van der Waals surface area contributed by atoms with E-state index in [1.165, 1.54) is 0 Å². The summed E-state index contributed by atoms with van der Waals surface area (Å²) < 4.78 is 5.53. The molecule has 0 saturated carbocycles. The summed E-state index contributed by atoms with van der Waals surface area (Å²) in [5, 5.41) is 11.8. The minimum atomic E-state index is 0.418. The number of ether oxygens (including phenoxy) is 1. The number of hydrogen-bond acceptors (Lipinski definition) is 4. The zero-order valence-corrected chi connectivity index (χ0v) is 9.34. The number of pyridine rings is 1. The summed E-state index contributed by atoms with van der Waals surface area (Å²) in [7, 11) is 1.85. The van der Waals surface area contributed by atoms with E-state index < -0.39 is 0 Å². The fourth-order valence-electron chi connectivity index (χ4n) is 1.35. The van der Waals surface area contributed by atoms with Crippen molar-refractivity contribution < 1.29 is 4.74 Å². The molecule has 0 amide bonds. The van der Waals surface area contributed by atoms with Crippen molar-refractivity contribution in [1.29, 1.82) is 5.26 Å². The van der Waals surface area contributed by atoms with Gasteiger partial charge in [-0.15, -0.1) is 0 Å². The van der Waals surface area contributed by atoms with Crippen molar-refractivity contribution in [1.82, 2.24) is 4.98 Å². The number of nitriles is 1. The lowest BCUT2D eigenvalue weighted by Crippen LogP contribution is -1.90. The lowest BCUT2D eigenvalue weighted by atomic mass is 10.3. The molecule has 0 aliphatic heterocycles. The SMILES string of the molecule is CNc1ccc(Oc2cc(C#N)ccn2)cc1. The molecule has 2 aromatic rings. The molecule has 0 spiro atoms. The summed E-state index contributed by atoms with van der Waals surface area (Å²) in [6, 6.07) is 12.8. The van der Waals surface area contributed by atoms with Crippen molar-refractivity contribution in [3.63, 3.8) is 0 Å². The number of rotatable bonds is 3. The quantitative estimate of drug-likeness (QED) is 0.872. The van der Waals surface area contributed by atoms with Crippen molar-refractivity contribution in [3.05, 3.63) is 48.2 Å². The molecular formula is C13H11N3O. The fraction of sp³-hybridized carbons (Fsp3) is 0.0769. The van der Waals surface area contributed by atoms with Crippen LogP contribution in [-0.4, -0.2) is 12.0 Å². The number of nitrogens with zero attached hydrogens (tertiary/aromatic N) is 2. The van der Waals surface area contributed by atoms with Crippen LogP contribution in [0.1, 0.15) is 5.56 Å². The lowest BCUT2D eigenvalue weighted by molar-refractivity contribution is 0.463. The summed E-state index contributed by atoms with van der Waals surface area (Å²) in [5.74, 6) is 1.10. The first kappa shape index (κ1) is 11.0. The van der Waals surface area contributed by atoms with E-state index in [0.717, 1.165) is 5.69 Å². The van der Waals surface area contributed by atoms with E-state index in [2.05, 4.69) is 10.3 Å². The molecule has 2 rings (SSSR count). The first-order chi connectivity index (χ1) is 8.31. The molecule has 0 fully saturated rings. The third kappa shape index (κ3) is 2.73. The van der Waals surface area contributed by atoms with Gasteiger partial charge in [0.1, 0.15) is 5.75 Å². The van der Waals surface area contributed by atoms with E-state index in [-0.39, 0.29) is 0 Å². The van der Waals surface area contributed by atoms with E-state index in [1.54, 1.807) is 18.3 Å². The largest absolute Gasteiger partial charge is 0.439 e. The Morgan fingerprint density at radius 1 is 1.24 bits per heavy atom. The van der Waals surface area contributed by atoms with Gasteiger partial charge in [-0.1, -0.05) is 0 Å². The topological polar surface area (TPSA) is 57.9 Å².